The molecule has 1 N–H and O–H groups in total. The van der Waals surface area contributed by atoms with E-state index in [1.807, 2.05) is 62.4 Å². The molecule has 0 radical (unpaired) electrons. The Morgan fingerprint density at radius 1 is 1.00 bits per heavy atom. The summed E-state index contributed by atoms with van der Waals surface area (Å²) in [4.78, 5) is 4.58. The van der Waals surface area contributed by atoms with Crippen molar-refractivity contribution in [1.29, 1.82) is 0 Å². The van der Waals surface area contributed by atoms with Gasteiger partial charge in [0, 0.05) is 22.5 Å². The second-order valence-electron chi connectivity index (χ2n) is 5.28. The van der Waals surface area contributed by atoms with E-state index in [1.54, 1.807) is 7.11 Å². The first-order valence-corrected chi connectivity index (χ1v) is 7.65. The van der Waals surface area contributed by atoms with E-state index in [0.29, 0.717) is 6.61 Å². The van der Waals surface area contributed by atoms with Crippen molar-refractivity contribution in [3.05, 3.63) is 54.2 Å². The smallest absolute Gasteiger partial charge is 0.119 e. The molecule has 0 aliphatic carbocycles. The summed E-state index contributed by atoms with van der Waals surface area (Å²) in [7, 11) is 1.67. The molecule has 0 aliphatic rings. The van der Waals surface area contributed by atoms with E-state index in [1.165, 1.54) is 0 Å². The molecule has 0 saturated heterocycles. The topological polar surface area (TPSA) is 43.4 Å². The van der Waals surface area contributed by atoms with Crippen LogP contribution in [-0.2, 0) is 0 Å². The Labute approximate surface area is 148 Å². The molecular formula is C19H21ClN2O2. The number of nitrogens with zero attached hydrogens (tertiary/aromatic N) is 1. The van der Waals surface area contributed by atoms with Crippen LogP contribution in [-0.4, -0.2) is 18.7 Å². The fraction of sp³-hybridized carbons (Fsp3) is 0.211. The van der Waals surface area contributed by atoms with Gasteiger partial charge in [0.1, 0.15) is 11.5 Å². The molecular weight excluding hydrogens is 324 g/mol. The molecule has 4 nitrogen and oxygen atoms in total. The summed E-state index contributed by atoms with van der Waals surface area (Å²) in [6.07, 6.45) is 0. The van der Waals surface area contributed by atoms with Gasteiger partial charge in [0.15, 0.2) is 0 Å². The molecule has 0 atom stereocenters. The van der Waals surface area contributed by atoms with E-state index in [2.05, 4.69) is 10.3 Å². The number of hydrogen-bond acceptors (Lipinski definition) is 4. The first-order valence-electron chi connectivity index (χ1n) is 7.65. The van der Waals surface area contributed by atoms with Crippen LogP contribution >= 0.6 is 12.4 Å². The van der Waals surface area contributed by atoms with Crippen LogP contribution in [0, 0.1) is 6.92 Å². The van der Waals surface area contributed by atoms with Gasteiger partial charge in [-0.05, 0) is 62.4 Å². The highest BCUT2D eigenvalue weighted by molar-refractivity contribution is 5.94. The van der Waals surface area contributed by atoms with Crippen LogP contribution < -0.4 is 14.8 Å². The lowest BCUT2D eigenvalue weighted by Crippen LogP contribution is -1.96. The molecule has 3 rings (SSSR count). The molecule has 3 aromatic rings. The van der Waals surface area contributed by atoms with E-state index in [4.69, 9.17) is 9.47 Å². The number of anilines is 2. The maximum absolute atomic E-state index is 5.48. The van der Waals surface area contributed by atoms with Crippen LogP contribution in [0.2, 0.25) is 0 Å². The number of aromatic nitrogens is 1. The Balaban J connectivity index is 0.00000208. The van der Waals surface area contributed by atoms with Crippen molar-refractivity contribution in [3.63, 3.8) is 0 Å². The fourth-order valence-corrected chi connectivity index (χ4v) is 2.52. The highest BCUT2D eigenvalue weighted by atomic mass is 35.5. The Bertz CT molecular complexity index is 819. The van der Waals surface area contributed by atoms with Gasteiger partial charge < -0.3 is 14.8 Å². The second-order valence-corrected chi connectivity index (χ2v) is 5.28. The number of benzene rings is 2. The maximum Gasteiger partial charge on any atom is 0.119 e. The third-order valence-corrected chi connectivity index (χ3v) is 3.59. The van der Waals surface area contributed by atoms with Crippen LogP contribution in [0.4, 0.5) is 11.4 Å². The Kier molecular flexibility index (Phi) is 5.88. The summed E-state index contributed by atoms with van der Waals surface area (Å²) in [5.41, 5.74) is 3.93. The van der Waals surface area contributed by atoms with Gasteiger partial charge in [0.25, 0.3) is 0 Å². The van der Waals surface area contributed by atoms with Crippen molar-refractivity contribution in [1.82, 2.24) is 4.98 Å². The molecule has 0 amide bonds. The predicted octanol–water partition coefficient (Wildman–Crippen LogP) is 5.12. The molecule has 24 heavy (non-hydrogen) atoms. The largest absolute Gasteiger partial charge is 0.497 e. The third-order valence-electron chi connectivity index (χ3n) is 3.59. The van der Waals surface area contributed by atoms with Crippen molar-refractivity contribution >= 4 is 34.7 Å². The van der Waals surface area contributed by atoms with Gasteiger partial charge in [-0.15, -0.1) is 12.4 Å². The van der Waals surface area contributed by atoms with E-state index >= 15 is 0 Å². The van der Waals surface area contributed by atoms with Gasteiger partial charge >= 0.3 is 0 Å². The molecule has 1 aromatic heterocycles. The van der Waals surface area contributed by atoms with Crippen molar-refractivity contribution in [2.24, 2.45) is 0 Å². The molecule has 2 aromatic carbocycles. The van der Waals surface area contributed by atoms with Crippen molar-refractivity contribution < 1.29 is 9.47 Å². The minimum absolute atomic E-state index is 0. The lowest BCUT2D eigenvalue weighted by Gasteiger charge is -2.12. The predicted molar refractivity (Wildman–Crippen MR) is 101 cm³/mol. The van der Waals surface area contributed by atoms with Gasteiger partial charge in [0.05, 0.1) is 19.2 Å². The molecule has 0 unspecified atom stereocenters. The molecule has 126 valence electrons. The highest BCUT2D eigenvalue weighted by Crippen LogP contribution is 2.30. The summed E-state index contributed by atoms with van der Waals surface area (Å²) in [5, 5.41) is 4.49. The summed E-state index contributed by atoms with van der Waals surface area (Å²) < 4.78 is 10.8. The second kappa shape index (κ2) is 7.88. The number of methoxy groups -OCH3 is 1. The van der Waals surface area contributed by atoms with E-state index in [0.717, 1.165) is 39.5 Å². The molecule has 5 heteroatoms. The molecule has 0 bridgehead atoms. The minimum atomic E-state index is 0. The van der Waals surface area contributed by atoms with E-state index < -0.39 is 0 Å². The van der Waals surface area contributed by atoms with Gasteiger partial charge in [-0.2, -0.15) is 0 Å². The van der Waals surface area contributed by atoms with Crippen LogP contribution in [0.1, 0.15) is 12.6 Å². The number of pyridine rings is 1. The monoisotopic (exact) mass is 344 g/mol. The lowest BCUT2D eigenvalue weighted by atomic mass is 10.1. The normalized spacial score (nSPS) is 10.1. The van der Waals surface area contributed by atoms with Crippen LogP contribution in [0.3, 0.4) is 0 Å². The maximum atomic E-state index is 5.48. The lowest BCUT2D eigenvalue weighted by molar-refractivity contribution is 0.340. The van der Waals surface area contributed by atoms with Crippen LogP contribution in [0.5, 0.6) is 11.5 Å². The first kappa shape index (κ1) is 17.9. The minimum Gasteiger partial charge on any atom is -0.497 e. The van der Waals surface area contributed by atoms with Crippen LogP contribution in [0.15, 0.2) is 48.5 Å². The zero-order valence-corrected chi connectivity index (χ0v) is 14.8. The number of ether oxygens (including phenoxy) is 2. The van der Waals surface area contributed by atoms with Gasteiger partial charge in [-0.1, -0.05) is 0 Å². The van der Waals surface area contributed by atoms with Crippen molar-refractivity contribution in [2.45, 2.75) is 13.8 Å². The molecule has 0 aliphatic heterocycles. The van der Waals surface area contributed by atoms with E-state index in [-0.39, 0.29) is 12.4 Å². The summed E-state index contributed by atoms with van der Waals surface area (Å²) in [6.45, 7) is 4.64. The first-order chi connectivity index (χ1) is 11.2. The number of nitrogens with one attached hydrogen (secondary N) is 1. The average molecular weight is 345 g/mol. The average Bonchev–Trinajstić information content (AvgIpc) is 2.56. The van der Waals surface area contributed by atoms with Crippen molar-refractivity contribution in [2.75, 3.05) is 19.0 Å². The zero-order chi connectivity index (χ0) is 16.2. The van der Waals surface area contributed by atoms with E-state index in [9.17, 15) is 0 Å². The summed E-state index contributed by atoms with van der Waals surface area (Å²) in [5.74, 6) is 1.69. The number of fused-ring (bicyclic) bond motifs is 1. The molecule has 1 heterocycles. The fourth-order valence-electron chi connectivity index (χ4n) is 2.52. The SMILES string of the molecule is CCOc1ccc(Nc2cc(C)nc3ccc(OC)cc23)cc1.Cl. The third kappa shape index (κ3) is 3.89. The quantitative estimate of drug-likeness (QED) is 0.698. The number of aryl methyl sites for hydroxylation is 1. The highest BCUT2D eigenvalue weighted by Gasteiger charge is 2.06. The molecule has 0 fully saturated rings. The number of hydrogen-bond donors (Lipinski definition) is 1. The molecule has 0 spiro atoms. The Morgan fingerprint density at radius 3 is 2.38 bits per heavy atom. The van der Waals surface area contributed by atoms with Gasteiger partial charge in [0.2, 0.25) is 0 Å². The summed E-state index contributed by atoms with van der Waals surface area (Å²) >= 11 is 0. The number of rotatable bonds is 5. The van der Waals surface area contributed by atoms with Gasteiger partial charge in [-0.3, -0.25) is 4.98 Å². The Hall–Kier alpha value is -2.46. The van der Waals surface area contributed by atoms with Crippen molar-refractivity contribution in [3.8, 4) is 11.5 Å². The summed E-state index contributed by atoms with van der Waals surface area (Å²) in [6, 6.07) is 15.9. The zero-order valence-electron chi connectivity index (χ0n) is 14.0. The van der Waals surface area contributed by atoms with Crippen LogP contribution in [0.25, 0.3) is 10.9 Å². The molecule has 0 saturated carbocycles. The number of halogens is 1. The van der Waals surface area contributed by atoms with Gasteiger partial charge in [-0.25, -0.2) is 0 Å². The standard InChI is InChI=1S/C19H20N2O2.ClH/c1-4-23-15-7-5-14(6-8-15)21-19-11-13(2)20-18-10-9-16(22-3)12-17(18)19;/h5-12H,4H2,1-3H3,(H,20,21);1H. The Morgan fingerprint density at radius 2 is 1.71 bits per heavy atom.